The summed E-state index contributed by atoms with van der Waals surface area (Å²) in [6, 6.07) is 12.1. The van der Waals surface area contributed by atoms with Crippen molar-refractivity contribution in [3.05, 3.63) is 70.8 Å². The second kappa shape index (κ2) is 7.57. The zero-order valence-corrected chi connectivity index (χ0v) is 18.6. The molecule has 7 heteroatoms. The largest absolute Gasteiger partial charge is 0.327 e. The zero-order valence-electron chi connectivity index (χ0n) is 17.8. The van der Waals surface area contributed by atoms with Crippen molar-refractivity contribution in [1.82, 2.24) is 19.7 Å². The van der Waals surface area contributed by atoms with Gasteiger partial charge >= 0.3 is 0 Å². The number of rotatable bonds is 4. The summed E-state index contributed by atoms with van der Waals surface area (Å²) in [5.74, 6) is 0.855. The van der Waals surface area contributed by atoms with Crippen LogP contribution in [0.25, 0.3) is 11.9 Å². The van der Waals surface area contributed by atoms with E-state index in [4.69, 9.17) is 12.2 Å². The number of amides is 1. The molecule has 154 valence electrons. The van der Waals surface area contributed by atoms with Crippen LogP contribution in [0.1, 0.15) is 42.4 Å². The number of nitrogens with one attached hydrogen (secondary N) is 1. The molecule has 0 spiro atoms. The first-order valence-corrected chi connectivity index (χ1v) is 10.4. The molecule has 3 aromatic rings. The van der Waals surface area contributed by atoms with E-state index >= 15 is 0 Å². The first-order chi connectivity index (χ1) is 14.3. The van der Waals surface area contributed by atoms with Crippen LogP contribution in [0.4, 0.5) is 5.69 Å². The van der Waals surface area contributed by atoms with Gasteiger partial charge in [-0.2, -0.15) is 5.10 Å². The number of nitrogens with zero attached hydrogens (tertiary/aromatic N) is 4. The Morgan fingerprint density at radius 2 is 1.80 bits per heavy atom. The summed E-state index contributed by atoms with van der Waals surface area (Å²) in [6.07, 6.45) is 3.68. The van der Waals surface area contributed by atoms with E-state index in [1.165, 1.54) is 4.90 Å². The van der Waals surface area contributed by atoms with Gasteiger partial charge in [-0.1, -0.05) is 17.7 Å². The molecule has 1 saturated heterocycles. The Kier molecular flexibility index (Phi) is 5.07. The maximum absolute atomic E-state index is 13.1. The van der Waals surface area contributed by atoms with E-state index in [1.54, 1.807) is 0 Å². The average Bonchev–Trinajstić information content (AvgIpc) is 3.34. The van der Waals surface area contributed by atoms with Crippen LogP contribution in [0.5, 0.6) is 0 Å². The Bertz CT molecular complexity index is 1170. The Balaban J connectivity index is 1.71. The minimum atomic E-state index is -0.152. The lowest BCUT2D eigenvalue weighted by atomic mass is 10.2. The van der Waals surface area contributed by atoms with Crippen LogP contribution >= 0.6 is 12.2 Å². The van der Waals surface area contributed by atoms with Crippen LogP contribution < -0.4 is 10.2 Å². The van der Waals surface area contributed by atoms with Crippen LogP contribution in [-0.2, 0) is 4.79 Å². The number of thiocarbonyl (C=S) groups is 1. The van der Waals surface area contributed by atoms with E-state index in [0.717, 1.165) is 34.0 Å². The molecule has 6 nitrogen and oxygen atoms in total. The molecule has 3 heterocycles. The molecule has 0 unspecified atom stereocenters. The third-order valence-corrected chi connectivity index (χ3v) is 5.59. The van der Waals surface area contributed by atoms with Crippen molar-refractivity contribution in [3.8, 4) is 5.82 Å². The Morgan fingerprint density at radius 1 is 1.10 bits per heavy atom. The van der Waals surface area contributed by atoms with Gasteiger partial charge in [0, 0.05) is 23.5 Å². The Morgan fingerprint density at radius 3 is 2.47 bits per heavy atom. The van der Waals surface area contributed by atoms with Gasteiger partial charge < -0.3 is 9.88 Å². The highest BCUT2D eigenvalue weighted by Gasteiger charge is 2.32. The third kappa shape index (κ3) is 3.35. The third-order valence-electron chi connectivity index (χ3n) is 5.31. The minimum absolute atomic E-state index is 0.152. The molecule has 1 N–H and O–H groups in total. The molecule has 30 heavy (non-hydrogen) atoms. The van der Waals surface area contributed by atoms with E-state index in [-0.39, 0.29) is 11.9 Å². The van der Waals surface area contributed by atoms with Crippen molar-refractivity contribution in [2.24, 2.45) is 0 Å². The Hall–Kier alpha value is -3.19. The zero-order chi connectivity index (χ0) is 21.6. The van der Waals surface area contributed by atoms with Gasteiger partial charge in [0.25, 0.3) is 5.91 Å². The minimum Gasteiger partial charge on any atom is -0.327 e. The van der Waals surface area contributed by atoms with Crippen molar-refractivity contribution >= 4 is 35.0 Å². The smallest absolute Gasteiger partial charge is 0.281 e. The number of anilines is 1. The molecule has 0 radical (unpaired) electrons. The lowest BCUT2D eigenvalue weighted by Gasteiger charge is -2.15. The maximum atomic E-state index is 13.1. The summed E-state index contributed by atoms with van der Waals surface area (Å²) < 4.78 is 4.15. The Labute approximate surface area is 181 Å². The first-order valence-electron chi connectivity index (χ1n) is 9.94. The number of hydrogen-bond donors (Lipinski definition) is 1. The van der Waals surface area contributed by atoms with Crippen molar-refractivity contribution in [3.63, 3.8) is 0 Å². The summed E-state index contributed by atoms with van der Waals surface area (Å²) in [4.78, 5) is 14.6. The van der Waals surface area contributed by atoms with E-state index in [0.29, 0.717) is 10.8 Å². The quantitative estimate of drug-likeness (QED) is 0.502. The van der Waals surface area contributed by atoms with E-state index < -0.39 is 0 Å². The first kappa shape index (κ1) is 20.1. The summed E-state index contributed by atoms with van der Waals surface area (Å²) >= 11 is 5.44. The van der Waals surface area contributed by atoms with Gasteiger partial charge in [0.1, 0.15) is 11.5 Å². The predicted octanol–water partition coefficient (Wildman–Crippen LogP) is 4.44. The van der Waals surface area contributed by atoms with Gasteiger partial charge in [0.2, 0.25) is 0 Å². The van der Waals surface area contributed by atoms with E-state index in [9.17, 15) is 4.79 Å². The molecule has 2 aromatic heterocycles. The average molecular weight is 420 g/mol. The predicted molar refractivity (Wildman–Crippen MR) is 124 cm³/mol. The van der Waals surface area contributed by atoms with Crippen molar-refractivity contribution in [1.29, 1.82) is 0 Å². The van der Waals surface area contributed by atoms with Crippen LogP contribution in [0, 0.1) is 20.8 Å². The summed E-state index contributed by atoms with van der Waals surface area (Å²) in [5.41, 5.74) is 5.44. The fourth-order valence-corrected chi connectivity index (χ4v) is 4.09. The molecule has 1 aromatic carbocycles. The van der Waals surface area contributed by atoms with Crippen LogP contribution in [0.2, 0.25) is 0 Å². The summed E-state index contributed by atoms with van der Waals surface area (Å²) in [6.45, 7) is 10.3. The number of aromatic nitrogens is 3. The fourth-order valence-electron chi connectivity index (χ4n) is 3.79. The fraction of sp³-hybridized carbons (Fsp3) is 0.261. The van der Waals surface area contributed by atoms with Gasteiger partial charge in [-0.05, 0) is 76.7 Å². The molecule has 4 rings (SSSR count). The van der Waals surface area contributed by atoms with Crippen molar-refractivity contribution in [2.45, 2.75) is 40.7 Å². The molecule has 0 bridgehead atoms. The normalized spacial score (nSPS) is 15.5. The van der Waals surface area contributed by atoms with Crippen LogP contribution in [0.3, 0.4) is 0 Å². The molecule has 0 saturated carbocycles. The summed E-state index contributed by atoms with van der Waals surface area (Å²) in [7, 11) is 0. The molecule has 1 aliphatic rings. The highest BCUT2D eigenvalue weighted by atomic mass is 32.1. The van der Waals surface area contributed by atoms with Crippen LogP contribution in [-0.4, -0.2) is 25.4 Å². The molecular weight excluding hydrogens is 394 g/mol. The SMILES string of the molecule is Cc1ccc(N2C(=O)/C(=C/c3cc(C)n(-c4ccnn4C(C)C)c3C)NC2=S)cc1. The topological polar surface area (TPSA) is 55.1 Å². The van der Waals surface area contributed by atoms with Gasteiger partial charge in [-0.25, -0.2) is 4.68 Å². The second-order valence-corrected chi connectivity index (χ2v) is 8.24. The molecule has 1 aliphatic heterocycles. The van der Waals surface area contributed by atoms with Gasteiger partial charge in [-0.15, -0.1) is 0 Å². The van der Waals surface area contributed by atoms with E-state index in [1.807, 2.05) is 61.1 Å². The highest BCUT2D eigenvalue weighted by Crippen LogP contribution is 2.27. The number of carbonyl (C=O) groups excluding carboxylic acids is 1. The second-order valence-electron chi connectivity index (χ2n) is 7.85. The van der Waals surface area contributed by atoms with Gasteiger partial charge in [0.15, 0.2) is 5.11 Å². The molecular formula is C23H25N5OS. The molecule has 0 atom stereocenters. The maximum Gasteiger partial charge on any atom is 0.281 e. The number of carbonyl (C=O) groups is 1. The highest BCUT2D eigenvalue weighted by molar-refractivity contribution is 7.80. The van der Waals surface area contributed by atoms with Gasteiger partial charge in [-0.3, -0.25) is 9.69 Å². The monoisotopic (exact) mass is 419 g/mol. The number of hydrogen-bond acceptors (Lipinski definition) is 3. The number of benzene rings is 1. The molecule has 1 fully saturated rings. The lowest BCUT2D eigenvalue weighted by molar-refractivity contribution is -0.113. The summed E-state index contributed by atoms with van der Waals surface area (Å²) in [5, 5.41) is 7.92. The van der Waals surface area contributed by atoms with Gasteiger partial charge in [0.05, 0.1) is 11.9 Å². The standard InChI is InChI=1S/C23H25N5OS/c1-14(2)28-21(10-11-24-28)26-16(4)12-18(17(26)5)13-20-22(29)27(23(30)25-20)19-8-6-15(3)7-9-19/h6-14H,1-5H3,(H,25,30)/b20-13-. The molecule has 1 amide bonds. The lowest BCUT2D eigenvalue weighted by Crippen LogP contribution is -2.30. The molecule has 0 aliphatic carbocycles. The van der Waals surface area contributed by atoms with Crippen LogP contribution in [0.15, 0.2) is 48.3 Å². The number of aryl methyl sites for hydroxylation is 2. The van der Waals surface area contributed by atoms with Crippen molar-refractivity contribution in [2.75, 3.05) is 4.90 Å². The van der Waals surface area contributed by atoms with E-state index in [2.05, 4.69) is 41.8 Å². The van der Waals surface area contributed by atoms with Crippen molar-refractivity contribution < 1.29 is 4.79 Å².